The van der Waals surface area contributed by atoms with Crippen LogP contribution in [-0.2, 0) is 20.9 Å². The molecular weight excluding hydrogens is 390 g/mol. The summed E-state index contributed by atoms with van der Waals surface area (Å²) in [6.07, 6.45) is 2.94. The molecule has 0 unspecified atom stereocenters. The molecule has 0 aliphatic heterocycles. The summed E-state index contributed by atoms with van der Waals surface area (Å²) in [6.45, 7) is 1.83. The van der Waals surface area contributed by atoms with E-state index in [1.54, 1.807) is 25.1 Å². The van der Waals surface area contributed by atoms with Gasteiger partial charge in [-0.25, -0.2) is 14.6 Å². The van der Waals surface area contributed by atoms with Crippen molar-refractivity contribution in [3.05, 3.63) is 70.9 Å². The Labute approximate surface area is 170 Å². The highest BCUT2D eigenvalue weighted by atomic mass is 32.1. The summed E-state index contributed by atoms with van der Waals surface area (Å²) in [5.41, 5.74) is 1.90. The molecule has 7 heteroatoms. The van der Waals surface area contributed by atoms with Gasteiger partial charge in [0.05, 0.1) is 22.4 Å². The SMILES string of the molecule is CCOC(=O)c1oc2ccccc2c1COC(=O)/C=C/c1nc2ccccc2s1. The molecule has 0 saturated heterocycles. The first kappa shape index (κ1) is 18.9. The van der Waals surface area contributed by atoms with Crippen LogP contribution in [0.1, 0.15) is 28.0 Å². The zero-order valence-corrected chi connectivity index (χ0v) is 16.4. The number of esters is 2. The largest absolute Gasteiger partial charge is 0.460 e. The Bertz CT molecular complexity index is 1190. The maximum atomic E-state index is 12.2. The lowest BCUT2D eigenvalue weighted by atomic mass is 10.1. The second-order valence-electron chi connectivity index (χ2n) is 6.09. The number of fused-ring (bicyclic) bond motifs is 2. The van der Waals surface area contributed by atoms with Crippen LogP contribution in [0.3, 0.4) is 0 Å². The molecule has 0 aliphatic carbocycles. The number of benzene rings is 2. The smallest absolute Gasteiger partial charge is 0.374 e. The van der Waals surface area contributed by atoms with Crippen LogP contribution in [0.2, 0.25) is 0 Å². The molecule has 0 bridgehead atoms. The van der Waals surface area contributed by atoms with Gasteiger partial charge in [0.2, 0.25) is 5.76 Å². The summed E-state index contributed by atoms with van der Waals surface area (Å²) in [5, 5.41) is 1.42. The fraction of sp³-hybridized carbons (Fsp3) is 0.136. The summed E-state index contributed by atoms with van der Waals surface area (Å²) in [5.74, 6) is -1.07. The summed E-state index contributed by atoms with van der Waals surface area (Å²) < 4.78 is 17.1. The summed E-state index contributed by atoms with van der Waals surface area (Å²) in [6, 6.07) is 14.9. The summed E-state index contributed by atoms with van der Waals surface area (Å²) in [7, 11) is 0. The van der Waals surface area contributed by atoms with E-state index in [1.807, 2.05) is 36.4 Å². The van der Waals surface area contributed by atoms with Crippen LogP contribution in [0.5, 0.6) is 0 Å². The number of aromatic nitrogens is 1. The third kappa shape index (κ3) is 4.05. The Morgan fingerprint density at radius 3 is 2.72 bits per heavy atom. The molecule has 2 aromatic carbocycles. The molecule has 0 saturated carbocycles. The number of rotatable bonds is 6. The van der Waals surface area contributed by atoms with Gasteiger partial charge in [0.1, 0.15) is 17.2 Å². The molecule has 4 rings (SSSR count). The lowest BCUT2D eigenvalue weighted by Gasteiger charge is -2.03. The Morgan fingerprint density at radius 2 is 1.90 bits per heavy atom. The third-order valence-electron chi connectivity index (χ3n) is 4.19. The predicted molar refractivity (Wildman–Crippen MR) is 111 cm³/mol. The fourth-order valence-electron chi connectivity index (χ4n) is 2.90. The van der Waals surface area contributed by atoms with Crippen molar-refractivity contribution in [1.29, 1.82) is 0 Å². The molecule has 2 aromatic heterocycles. The first-order valence-electron chi connectivity index (χ1n) is 9.03. The van der Waals surface area contributed by atoms with Crippen LogP contribution in [-0.4, -0.2) is 23.5 Å². The molecule has 6 nitrogen and oxygen atoms in total. The molecule has 0 N–H and O–H groups in total. The van der Waals surface area contributed by atoms with Gasteiger partial charge >= 0.3 is 11.9 Å². The van der Waals surface area contributed by atoms with Crippen LogP contribution in [0.15, 0.2) is 59.0 Å². The first-order chi connectivity index (χ1) is 14.2. The molecule has 0 radical (unpaired) electrons. The predicted octanol–water partition coefficient (Wildman–Crippen LogP) is 4.98. The highest BCUT2D eigenvalue weighted by Gasteiger charge is 2.22. The Hall–Kier alpha value is -3.45. The molecular formula is C22H17NO5S. The molecule has 0 atom stereocenters. The van der Waals surface area contributed by atoms with E-state index in [9.17, 15) is 9.59 Å². The first-order valence-corrected chi connectivity index (χ1v) is 9.85. The van der Waals surface area contributed by atoms with Gasteiger partial charge in [0.25, 0.3) is 0 Å². The van der Waals surface area contributed by atoms with Crippen LogP contribution in [0.4, 0.5) is 0 Å². The number of carbonyl (C=O) groups excluding carboxylic acids is 2. The molecule has 0 spiro atoms. The zero-order valence-electron chi connectivity index (χ0n) is 15.6. The van der Waals surface area contributed by atoms with Crippen molar-refractivity contribution in [2.75, 3.05) is 6.61 Å². The van der Waals surface area contributed by atoms with Crippen molar-refractivity contribution in [2.45, 2.75) is 13.5 Å². The van der Waals surface area contributed by atoms with Crippen molar-refractivity contribution in [3.8, 4) is 0 Å². The lowest BCUT2D eigenvalue weighted by Crippen LogP contribution is -2.08. The Kier molecular flexibility index (Phi) is 5.39. The molecule has 0 fully saturated rings. The minimum atomic E-state index is -0.584. The molecule has 146 valence electrons. The molecule has 29 heavy (non-hydrogen) atoms. The average molecular weight is 407 g/mol. The van der Waals surface area contributed by atoms with E-state index in [-0.39, 0.29) is 19.0 Å². The Morgan fingerprint density at radius 1 is 1.10 bits per heavy atom. The van der Waals surface area contributed by atoms with Gasteiger partial charge in [-0.15, -0.1) is 11.3 Å². The normalized spacial score (nSPS) is 11.3. The van der Waals surface area contributed by atoms with Crippen molar-refractivity contribution in [1.82, 2.24) is 4.98 Å². The number of hydrogen-bond acceptors (Lipinski definition) is 7. The van der Waals surface area contributed by atoms with Crippen LogP contribution in [0, 0.1) is 0 Å². The van der Waals surface area contributed by atoms with Crippen molar-refractivity contribution < 1.29 is 23.5 Å². The molecule has 0 amide bonds. The maximum absolute atomic E-state index is 12.2. The number of hydrogen-bond donors (Lipinski definition) is 0. The second kappa shape index (κ2) is 8.28. The van der Waals surface area contributed by atoms with Gasteiger partial charge in [0.15, 0.2) is 0 Å². The number of carbonyl (C=O) groups is 2. The fourth-order valence-corrected chi connectivity index (χ4v) is 3.77. The average Bonchev–Trinajstić information content (AvgIpc) is 3.32. The molecule has 2 heterocycles. The lowest BCUT2D eigenvalue weighted by molar-refractivity contribution is -0.138. The van der Waals surface area contributed by atoms with E-state index >= 15 is 0 Å². The zero-order chi connectivity index (χ0) is 20.2. The van der Waals surface area contributed by atoms with Gasteiger partial charge < -0.3 is 13.9 Å². The quantitative estimate of drug-likeness (QED) is 0.331. The maximum Gasteiger partial charge on any atom is 0.374 e. The molecule has 0 aliphatic rings. The van der Waals surface area contributed by atoms with E-state index < -0.39 is 11.9 Å². The minimum Gasteiger partial charge on any atom is -0.460 e. The molecule has 4 aromatic rings. The number of thiazole rings is 1. The van der Waals surface area contributed by atoms with Gasteiger partial charge in [0, 0.05) is 11.5 Å². The van der Waals surface area contributed by atoms with Crippen LogP contribution < -0.4 is 0 Å². The number of furan rings is 1. The van der Waals surface area contributed by atoms with Crippen LogP contribution in [0.25, 0.3) is 27.3 Å². The third-order valence-corrected chi connectivity index (χ3v) is 5.19. The van der Waals surface area contributed by atoms with E-state index in [0.717, 1.165) is 10.2 Å². The van der Waals surface area contributed by atoms with Crippen molar-refractivity contribution in [3.63, 3.8) is 0 Å². The highest BCUT2D eigenvalue weighted by Crippen LogP contribution is 2.27. The summed E-state index contributed by atoms with van der Waals surface area (Å²) >= 11 is 1.49. The van der Waals surface area contributed by atoms with Crippen molar-refractivity contribution >= 4 is 50.5 Å². The number of para-hydroxylation sites is 2. The van der Waals surface area contributed by atoms with E-state index in [4.69, 9.17) is 13.9 Å². The van der Waals surface area contributed by atoms with Gasteiger partial charge in [-0.2, -0.15) is 0 Å². The highest BCUT2D eigenvalue weighted by molar-refractivity contribution is 7.19. The topological polar surface area (TPSA) is 78.6 Å². The number of ether oxygens (including phenoxy) is 2. The standard InChI is InChI=1S/C22H17NO5S/c1-2-26-22(25)21-15(14-7-3-5-9-17(14)28-21)13-27-20(24)12-11-19-23-16-8-4-6-10-18(16)29-19/h3-12H,2,13H2,1H3/b12-11+. The monoisotopic (exact) mass is 407 g/mol. The Balaban J connectivity index is 1.50. The van der Waals surface area contributed by atoms with E-state index in [1.165, 1.54) is 17.4 Å². The van der Waals surface area contributed by atoms with Gasteiger partial charge in [-0.3, -0.25) is 0 Å². The van der Waals surface area contributed by atoms with Crippen LogP contribution >= 0.6 is 11.3 Å². The minimum absolute atomic E-state index is 0.0519. The van der Waals surface area contributed by atoms with Gasteiger partial charge in [-0.05, 0) is 31.2 Å². The summed E-state index contributed by atoms with van der Waals surface area (Å²) in [4.78, 5) is 28.8. The van der Waals surface area contributed by atoms with Crippen molar-refractivity contribution in [2.24, 2.45) is 0 Å². The second-order valence-corrected chi connectivity index (χ2v) is 7.15. The van der Waals surface area contributed by atoms with E-state index in [0.29, 0.717) is 21.5 Å². The van der Waals surface area contributed by atoms with Gasteiger partial charge in [-0.1, -0.05) is 30.3 Å². The number of nitrogens with zero attached hydrogens (tertiary/aromatic N) is 1. The van der Waals surface area contributed by atoms with E-state index in [2.05, 4.69) is 4.98 Å².